The topological polar surface area (TPSA) is 15.3 Å². The van der Waals surface area contributed by atoms with Crippen LogP contribution in [0.5, 0.6) is 0 Å². The van der Waals surface area contributed by atoms with Crippen LogP contribution in [0.2, 0.25) is 0 Å². The van der Waals surface area contributed by atoms with Crippen molar-refractivity contribution in [3.8, 4) is 0 Å². The first-order valence-corrected chi connectivity index (χ1v) is 9.03. The molecule has 2 bridgehead atoms. The maximum absolute atomic E-state index is 3.75. The summed E-state index contributed by atoms with van der Waals surface area (Å²) in [6, 6.07) is 2.59. The summed E-state index contributed by atoms with van der Waals surface area (Å²) in [5.41, 5.74) is 0. The van der Waals surface area contributed by atoms with Gasteiger partial charge in [0, 0.05) is 29.4 Å². The van der Waals surface area contributed by atoms with E-state index in [1.54, 1.807) is 0 Å². The predicted octanol–water partition coefficient (Wildman–Crippen LogP) is 2.88. The molecule has 2 nitrogen and oxygen atoms in total. The molecule has 0 spiro atoms. The van der Waals surface area contributed by atoms with Crippen LogP contribution in [0, 0.1) is 0 Å². The minimum Gasteiger partial charge on any atom is -0.314 e. The van der Waals surface area contributed by atoms with Crippen molar-refractivity contribution in [1.82, 2.24) is 10.2 Å². The van der Waals surface area contributed by atoms with Crippen molar-refractivity contribution in [2.45, 2.75) is 74.7 Å². The summed E-state index contributed by atoms with van der Waals surface area (Å²) >= 11 is 2.12. The van der Waals surface area contributed by atoms with Crippen LogP contribution in [-0.4, -0.2) is 47.1 Å². The lowest BCUT2D eigenvalue weighted by atomic mass is 9.97. The van der Waals surface area contributed by atoms with Gasteiger partial charge in [0.1, 0.15) is 0 Å². The fourth-order valence-electron chi connectivity index (χ4n) is 3.95. The van der Waals surface area contributed by atoms with Crippen LogP contribution in [-0.2, 0) is 0 Å². The molecule has 104 valence electrons. The summed E-state index contributed by atoms with van der Waals surface area (Å²) in [7, 11) is 0. The van der Waals surface area contributed by atoms with E-state index in [1.807, 2.05) is 0 Å². The molecule has 18 heavy (non-hydrogen) atoms. The van der Waals surface area contributed by atoms with Crippen molar-refractivity contribution in [3.63, 3.8) is 0 Å². The van der Waals surface area contributed by atoms with Gasteiger partial charge in [0.2, 0.25) is 0 Å². The van der Waals surface area contributed by atoms with Gasteiger partial charge in [-0.1, -0.05) is 6.92 Å². The second-order valence-electron chi connectivity index (χ2n) is 6.57. The van der Waals surface area contributed by atoms with Crippen molar-refractivity contribution in [2.75, 3.05) is 19.3 Å². The third kappa shape index (κ3) is 2.59. The Hall–Kier alpha value is 0.270. The van der Waals surface area contributed by atoms with E-state index in [0.29, 0.717) is 4.75 Å². The Kier molecular flexibility index (Phi) is 3.93. The summed E-state index contributed by atoms with van der Waals surface area (Å²) in [5.74, 6) is 0. The molecular formula is C15H28N2S. The highest BCUT2D eigenvalue weighted by molar-refractivity contribution is 8.00. The quantitative estimate of drug-likeness (QED) is 0.797. The van der Waals surface area contributed by atoms with Crippen LogP contribution < -0.4 is 5.32 Å². The molecule has 1 saturated carbocycles. The molecule has 2 saturated heterocycles. The summed E-state index contributed by atoms with van der Waals surface area (Å²) in [4.78, 5) is 2.88. The van der Waals surface area contributed by atoms with Crippen molar-refractivity contribution >= 4 is 11.8 Å². The lowest BCUT2D eigenvalue weighted by molar-refractivity contribution is 0.115. The normalized spacial score (nSPS) is 38.0. The smallest absolute Gasteiger partial charge is 0.0285 e. The summed E-state index contributed by atoms with van der Waals surface area (Å²) in [6.45, 7) is 4.86. The molecule has 0 aromatic heterocycles. The lowest BCUT2D eigenvalue weighted by Crippen LogP contribution is -2.51. The van der Waals surface area contributed by atoms with Gasteiger partial charge < -0.3 is 5.32 Å². The standard InChI is InChI=1S/C15H28N2S/c1-3-8-16-12-9-13-4-5-14(10-12)17(13)11-15(18-2)6-7-15/h12-14,16H,3-11H2,1-2H3. The van der Waals surface area contributed by atoms with Crippen molar-refractivity contribution < 1.29 is 0 Å². The Bertz CT molecular complexity index is 276. The molecule has 2 heterocycles. The predicted molar refractivity (Wildman–Crippen MR) is 80.3 cm³/mol. The number of nitrogens with one attached hydrogen (secondary N) is 1. The fraction of sp³-hybridized carbons (Fsp3) is 1.00. The molecule has 0 amide bonds. The minimum atomic E-state index is 0.657. The zero-order valence-corrected chi connectivity index (χ0v) is 12.8. The van der Waals surface area contributed by atoms with Crippen LogP contribution in [0.25, 0.3) is 0 Å². The third-order valence-electron chi connectivity index (χ3n) is 5.28. The number of piperidine rings is 1. The maximum Gasteiger partial charge on any atom is 0.0285 e. The third-order valence-corrected chi connectivity index (χ3v) is 6.68. The van der Waals surface area contributed by atoms with Crippen molar-refractivity contribution in [3.05, 3.63) is 0 Å². The molecule has 1 N–H and O–H groups in total. The molecular weight excluding hydrogens is 240 g/mol. The molecule has 3 heteroatoms. The van der Waals surface area contributed by atoms with Gasteiger partial charge in [-0.05, 0) is 57.7 Å². The number of hydrogen-bond acceptors (Lipinski definition) is 3. The second-order valence-corrected chi connectivity index (χ2v) is 7.84. The summed E-state index contributed by atoms with van der Waals surface area (Å²) in [5, 5.41) is 3.75. The van der Waals surface area contributed by atoms with Crippen molar-refractivity contribution in [2.24, 2.45) is 0 Å². The highest BCUT2D eigenvalue weighted by Gasteiger charge is 2.49. The highest BCUT2D eigenvalue weighted by atomic mass is 32.2. The zero-order chi connectivity index (χ0) is 12.6. The first-order chi connectivity index (χ1) is 8.76. The van der Waals surface area contributed by atoms with E-state index < -0.39 is 0 Å². The van der Waals surface area contributed by atoms with Gasteiger partial charge in [0.05, 0.1) is 0 Å². The molecule has 3 aliphatic rings. The second kappa shape index (κ2) is 5.34. The Balaban J connectivity index is 1.56. The average Bonchev–Trinajstić information content (AvgIpc) is 3.11. The summed E-state index contributed by atoms with van der Waals surface area (Å²) in [6.07, 6.45) is 12.2. The van der Waals surface area contributed by atoms with Crippen LogP contribution in [0.4, 0.5) is 0 Å². The molecule has 2 unspecified atom stereocenters. The Morgan fingerprint density at radius 3 is 2.39 bits per heavy atom. The maximum atomic E-state index is 3.75. The molecule has 3 rings (SSSR count). The zero-order valence-electron chi connectivity index (χ0n) is 12.0. The van der Waals surface area contributed by atoms with Crippen molar-refractivity contribution in [1.29, 1.82) is 0 Å². The molecule has 0 radical (unpaired) electrons. The number of thioether (sulfide) groups is 1. The van der Waals surface area contributed by atoms with Gasteiger partial charge >= 0.3 is 0 Å². The van der Waals surface area contributed by atoms with Gasteiger partial charge in [0.25, 0.3) is 0 Å². The molecule has 0 aromatic carbocycles. The Morgan fingerprint density at radius 2 is 1.89 bits per heavy atom. The van der Waals surface area contributed by atoms with E-state index in [-0.39, 0.29) is 0 Å². The first kappa shape index (κ1) is 13.3. The van der Waals surface area contributed by atoms with E-state index in [4.69, 9.17) is 0 Å². The van der Waals surface area contributed by atoms with Crippen LogP contribution in [0.15, 0.2) is 0 Å². The van der Waals surface area contributed by atoms with Gasteiger partial charge in [-0.25, -0.2) is 0 Å². The monoisotopic (exact) mass is 268 g/mol. The van der Waals surface area contributed by atoms with Gasteiger partial charge in [-0.2, -0.15) is 11.8 Å². The largest absolute Gasteiger partial charge is 0.314 e. The number of fused-ring (bicyclic) bond motifs is 2. The first-order valence-electron chi connectivity index (χ1n) is 7.80. The number of hydrogen-bond donors (Lipinski definition) is 1. The van der Waals surface area contributed by atoms with Crippen LogP contribution in [0.3, 0.4) is 0 Å². The average molecular weight is 268 g/mol. The van der Waals surface area contributed by atoms with E-state index >= 15 is 0 Å². The molecule has 0 aromatic rings. The summed E-state index contributed by atoms with van der Waals surface area (Å²) < 4.78 is 0.657. The van der Waals surface area contributed by atoms with Gasteiger partial charge in [0.15, 0.2) is 0 Å². The van der Waals surface area contributed by atoms with E-state index in [0.717, 1.165) is 18.1 Å². The lowest BCUT2D eigenvalue weighted by Gasteiger charge is -2.41. The fourth-order valence-corrected chi connectivity index (χ4v) is 4.73. The highest BCUT2D eigenvalue weighted by Crippen LogP contribution is 2.50. The molecule has 2 aliphatic heterocycles. The van der Waals surface area contributed by atoms with Gasteiger partial charge in [-0.15, -0.1) is 0 Å². The van der Waals surface area contributed by atoms with E-state index in [9.17, 15) is 0 Å². The van der Waals surface area contributed by atoms with Gasteiger partial charge in [-0.3, -0.25) is 4.90 Å². The number of nitrogens with zero attached hydrogens (tertiary/aromatic N) is 1. The Morgan fingerprint density at radius 1 is 1.22 bits per heavy atom. The van der Waals surface area contributed by atoms with Crippen LogP contribution >= 0.6 is 11.8 Å². The Labute approximate surface area is 116 Å². The minimum absolute atomic E-state index is 0.657. The SMILES string of the molecule is CCCNC1CC2CCC(C1)N2CC1(SC)CC1. The van der Waals surface area contributed by atoms with Crippen LogP contribution in [0.1, 0.15) is 51.9 Å². The number of rotatable bonds is 6. The van der Waals surface area contributed by atoms with E-state index in [2.05, 4.69) is 35.2 Å². The molecule has 3 fully saturated rings. The van der Waals surface area contributed by atoms with E-state index in [1.165, 1.54) is 58.0 Å². The molecule has 1 aliphatic carbocycles. The molecule has 2 atom stereocenters.